The molecule has 7 nitrogen and oxygen atoms in total. The average molecular weight is 392 g/mol. The standard InChI is InChI=1S/C18H17FN2O5S/c1-11-9-12(19)3-5-14(11)20-17(22)7-8-27(24,25)13-4-6-15-16(10-13)26-18(23)21(15)2/h3-6,9-10H,7-8H2,1-2H3,(H,20,22). The number of sulfone groups is 1. The van der Waals surface area contributed by atoms with Crippen molar-refractivity contribution in [3.05, 3.63) is 58.3 Å². The molecular formula is C18H17FN2O5S. The van der Waals surface area contributed by atoms with Gasteiger partial charge in [0, 0.05) is 25.2 Å². The van der Waals surface area contributed by atoms with Gasteiger partial charge in [-0.3, -0.25) is 9.36 Å². The molecule has 0 aliphatic carbocycles. The van der Waals surface area contributed by atoms with Crippen LogP contribution in [0.2, 0.25) is 0 Å². The van der Waals surface area contributed by atoms with Crippen molar-refractivity contribution in [3.63, 3.8) is 0 Å². The third-order valence-electron chi connectivity index (χ3n) is 4.18. The topological polar surface area (TPSA) is 98.4 Å². The summed E-state index contributed by atoms with van der Waals surface area (Å²) in [4.78, 5) is 23.5. The van der Waals surface area contributed by atoms with Gasteiger partial charge in [0.05, 0.1) is 16.2 Å². The molecule has 0 aliphatic rings. The van der Waals surface area contributed by atoms with Gasteiger partial charge in [0.1, 0.15) is 5.82 Å². The predicted molar refractivity (Wildman–Crippen MR) is 97.9 cm³/mol. The minimum absolute atomic E-state index is 0.0323. The first-order chi connectivity index (χ1) is 12.7. The normalized spacial score (nSPS) is 11.7. The van der Waals surface area contributed by atoms with Gasteiger partial charge < -0.3 is 9.73 Å². The smallest absolute Gasteiger partial charge is 0.408 e. The van der Waals surface area contributed by atoms with E-state index in [2.05, 4.69) is 5.32 Å². The van der Waals surface area contributed by atoms with Crippen LogP contribution in [0.3, 0.4) is 0 Å². The summed E-state index contributed by atoms with van der Waals surface area (Å²) in [7, 11) is -2.23. The molecular weight excluding hydrogens is 375 g/mol. The summed E-state index contributed by atoms with van der Waals surface area (Å²) in [6.07, 6.45) is -0.268. The molecule has 3 rings (SSSR count). The van der Waals surface area contributed by atoms with Crippen molar-refractivity contribution >= 4 is 32.5 Å². The number of carbonyl (C=O) groups is 1. The molecule has 0 saturated heterocycles. The maximum Gasteiger partial charge on any atom is 0.419 e. The molecule has 0 unspecified atom stereocenters. The van der Waals surface area contributed by atoms with Crippen LogP contribution in [-0.2, 0) is 21.7 Å². The zero-order valence-corrected chi connectivity index (χ0v) is 15.5. The quantitative estimate of drug-likeness (QED) is 0.719. The van der Waals surface area contributed by atoms with Gasteiger partial charge in [-0.15, -0.1) is 0 Å². The van der Waals surface area contributed by atoms with Crippen LogP contribution in [0.4, 0.5) is 10.1 Å². The summed E-state index contributed by atoms with van der Waals surface area (Å²) in [5.74, 6) is -1.92. The van der Waals surface area contributed by atoms with Crippen LogP contribution in [0.5, 0.6) is 0 Å². The Kier molecular flexibility index (Phi) is 4.88. The molecule has 0 saturated carbocycles. The van der Waals surface area contributed by atoms with E-state index >= 15 is 0 Å². The van der Waals surface area contributed by atoms with E-state index in [4.69, 9.17) is 4.42 Å². The van der Waals surface area contributed by atoms with E-state index in [1.807, 2.05) is 0 Å². The van der Waals surface area contributed by atoms with Crippen LogP contribution >= 0.6 is 0 Å². The monoisotopic (exact) mass is 392 g/mol. The molecule has 1 heterocycles. The predicted octanol–water partition coefficient (Wildman–Crippen LogP) is 2.38. The number of rotatable bonds is 5. The zero-order valence-electron chi connectivity index (χ0n) is 14.7. The number of anilines is 1. The molecule has 1 aromatic heterocycles. The van der Waals surface area contributed by atoms with Gasteiger partial charge in [0.25, 0.3) is 0 Å². The third kappa shape index (κ3) is 3.92. The number of carbonyl (C=O) groups excluding carboxylic acids is 1. The Morgan fingerprint density at radius 2 is 1.96 bits per heavy atom. The molecule has 142 valence electrons. The van der Waals surface area contributed by atoms with Gasteiger partial charge in [-0.2, -0.15) is 0 Å². The Bertz CT molecular complexity index is 1190. The lowest BCUT2D eigenvalue weighted by Gasteiger charge is -2.09. The second-order valence-electron chi connectivity index (χ2n) is 6.13. The largest absolute Gasteiger partial charge is 0.419 e. The maximum absolute atomic E-state index is 13.1. The summed E-state index contributed by atoms with van der Waals surface area (Å²) in [5.41, 5.74) is 1.60. The summed E-state index contributed by atoms with van der Waals surface area (Å²) in [5, 5.41) is 2.57. The number of aryl methyl sites for hydroxylation is 2. The van der Waals surface area contributed by atoms with Crippen molar-refractivity contribution in [2.75, 3.05) is 11.1 Å². The van der Waals surface area contributed by atoms with Crippen molar-refractivity contribution < 1.29 is 22.0 Å². The molecule has 0 radical (unpaired) electrons. The number of nitrogens with one attached hydrogen (secondary N) is 1. The minimum Gasteiger partial charge on any atom is -0.408 e. The minimum atomic E-state index is -3.75. The Hall–Kier alpha value is -2.94. The highest BCUT2D eigenvalue weighted by Gasteiger charge is 2.19. The van der Waals surface area contributed by atoms with E-state index in [1.165, 1.54) is 48.0 Å². The summed E-state index contributed by atoms with van der Waals surface area (Å²) in [6.45, 7) is 1.64. The third-order valence-corrected chi connectivity index (χ3v) is 5.90. The van der Waals surface area contributed by atoms with Gasteiger partial charge in [-0.05, 0) is 42.8 Å². The lowest BCUT2D eigenvalue weighted by Crippen LogP contribution is -2.18. The van der Waals surface area contributed by atoms with Gasteiger partial charge in [0.15, 0.2) is 15.4 Å². The van der Waals surface area contributed by atoms with E-state index in [0.29, 0.717) is 16.8 Å². The van der Waals surface area contributed by atoms with Crippen molar-refractivity contribution in [2.24, 2.45) is 7.05 Å². The number of fused-ring (bicyclic) bond motifs is 1. The second kappa shape index (κ2) is 6.99. The van der Waals surface area contributed by atoms with E-state index in [1.54, 1.807) is 6.92 Å². The average Bonchev–Trinajstić information content (AvgIpc) is 2.89. The van der Waals surface area contributed by atoms with Crippen molar-refractivity contribution in [2.45, 2.75) is 18.2 Å². The van der Waals surface area contributed by atoms with Crippen LogP contribution in [0.15, 0.2) is 50.5 Å². The Labute approximate surface area is 154 Å². The number of amides is 1. The van der Waals surface area contributed by atoms with Gasteiger partial charge in [0.2, 0.25) is 5.91 Å². The fraction of sp³-hybridized carbons (Fsp3) is 0.222. The van der Waals surface area contributed by atoms with E-state index < -0.39 is 33.1 Å². The number of halogens is 1. The molecule has 0 aliphatic heterocycles. The van der Waals surface area contributed by atoms with Crippen LogP contribution in [0.1, 0.15) is 12.0 Å². The van der Waals surface area contributed by atoms with Crippen molar-refractivity contribution in [1.29, 1.82) is 0 Å². The summed E-state index contributed by atoms with van der Waals surface area (Å²) >= 11 is 0. The molecule has 27 heavy (non-hydrogen) atoms. The molecule has 1 amide bonds. The number of aromatic nitrogens is 1. The van der Waals surface area contributed by atoms with Crippen LogP contribution in [0.25, 0.3) is 11.1 Å². The maximum atomic E-state index is 13.1. The van der Waals surface area contributed by atoms with E-state index in [0.717, 1.165) is 0 Å². The fourth-order valence-electron chi connectivity index (χ4n) is 2.63. The number of nitrogens with zero attached hydrogens (tertiary/aromatic N) is 1. The second-order valence-corrected chi connectivity index (χ2v) is 8.24. The molecule has 9 heteroatoms. The highest BCUT2D eigenvalue weighted by molar-refractivity contribution is 7.91. The highest BCUT2D eigenvalue weighted by atomic mass is 32.2. The summed E-state index contributed by atoms with van der Waals surface area (Å²) in [6, 6.07) is 8.03. The van der Waals surface area contributed by atoms with E-state index in [9.17, 15) is 22.4 Å². The Morgan fingerprint density at radius 3 is 2.67 bits per heavy atom. The molecule has 0 atom stereocenters. The van der Waals surface area contributed by atoms with Gasteiger partial charge in [-0.1, -0.05) is 0 Å². The number of oxazole rings is 1. The van der Waals surface area contributed by atoms with Crippen LogP contribution in [-0.4, -0.2) is 24.6 Å². The number of benzene rings is 2. The van der Waals surface area contributed by atoms with Crippen molar-refractivity contribution in [1.82, 2.24) is 4.57 Å². The number of hydrogen-bond acceptors (Lipinski definition) is 5. The molecule has 1 N–H and O–H groups in total. The Balaban J connectivity index is 1.72. The lowest BCUT2D eigenvalue weighted by molar-refractivity contribution is -0.115. The molecule has 0 fully saturated rings. The molecule has 2 aromatic carbocycles. The molecule has 0 spiro atoms. The van der Waals surface area contributed by atoms with Gasteiger partial charge in [-0.25, -0.2) is 17.6 Å². The zero-order chi connectivity index (χ0) is 19.8. The molecule has 3 aromatic rings. The van der Waals surface area contributed by atoms with E-state index in [-0.39, 0.29) is 16.9 Å². The van der Waals surface area contributed by atoms with Gasteiger partial charge >= 0.3 is 5.76 Å². The number of hydrogen-bond donors (Lipinski definition) is 1. The Morgan fingerprint density at radius 1 is 1.22 bits per heavy atom. The first kappa shape index (κ1) is 18.8. The fourth-order valence-corrected chi connectivity index (χ4v) is 3.88. The molecule has 0 bridgehead atoms. The van der Waals surface area contributed by atoms with Crippen molar-refractivity contribution in [3.8, 4) is 0 Å². The first-order valence-corrected chi connectivity index (χ1v) is 9.71. The summed E-state index contributed by atoms with van der Waals surface area (Å²) < 4.78 is 44.3. The lowest BCUT2D eigenvalue weighted by atomic mass is 10.2. The van der Waals surface area contributed by atoms with Crippen LogP contribution < -0.4 is 11.1 Å². The van der Waals surface area contributed by atoms with Crippen LogP contribution in [0, 0.1) is 12.7 Å². The highest BCUT2D eigenvalue weighted by Crippen LogP contribution is 2.20. The first-order valence-electron chi connectivity index (χ1n) is 8.06. The SMILES string of the molecule is Cc1cc(F)ccc1NC(=O)CCS(=O)(=O)c1ccc2c(c1)oc(=O)n2C.